The fourth-order valence-electron chi connectivity index (χ4n) is 5.72. The Balaban J connectivity index is 1.35. The van der Waals surface area contributed by atoms with Gasteiger partial charge in [-0.1, -0.05) is 18.2 Å². The van der Waals surface area contributed by atoms with Crippen LogP contribution in [0.25, 0.3) is 22.1 Å². The molecular weight excluding hydrogens is 444 g/mol. The van der Waals surface area contributed by atoms with Crippen LogP contribution < -0.4 is 15.9 Å². The second kappa shape index (κ2) is 8.43. The van der Waals surface area contributed by atoms with E-state index in [2.05, 4.69) is 4.90 Å². The Kier molecular flexibility index (Phi) is 5.22. The van der Waals surface area contributed by atoms with Gasteiger partial charge < -0.3 is 18.8 Å². The Labute approximate surface area is 201 Å². The van der Waals surface area contributed by atoms with Gasteiger partial charge in [0.05, 0.1) is 18.2 Å². The van der Waals surface area contributed by atoms with Crippen LogP contribution in [0.15, 0.2) is 74.7 Å². The number of phenolic OH excluding ortho intramolecular Hbond substituents is 1. The van der Waals surface area contributed by atoms with Crippen LogP contribution >= 0.6 is 0 Å². The van der Waals surface area contributed by atoms with Gasteiger partial charge in [-0.3, -0.25) is 9.69 Å². The number of aromatic hydroxyl groups is 1. The Bertz CT molecular complexity index is 1550. The van der Waals surface area contributed by atoms with E-state index in [1.54, 1.807) is 31.4 Å². The molecule has 6 rings (SSSR count). The predicted octanol–water partition coefficient (Wildman–Crippen LogP) is 3.96. The lowest BCUT2D eigenvalue weighted by Crippen LogP contribution is -2.46. The van der Waals surface area contributed by atoms with E-state index in [0.717, 1.165) is 30.6 Å². The van der Waals surface area contributed by atoms with Crippen LogP contribution in [-0.4, -0.2) is 34.8 Å². The van der Waals surface area contributed by atoms with Crippen LogP contribution in [-0.2, 0) is 13.1 Å². The molecule has 2 atom stereocenters. The Morgan fingerprint density at radius 2 is 1.89 bits per heavy atom. The molecule has 1 fully saturated rings. The molecule has 1 saturated heterocycles. The number of rotatable bonds is 4. The summed E-state index contributed by atoms with van der Waals surface area (Å²) in [6.07, 6.45) is 1.06. The van der Waals surface area contributed by atoms with Gasteiger partial charge in [0.2, 0.25) is 0 Å². The standard InChI is InChI=1S/C28H26N2O5/c1-34-21-5-2-4-18(11-21)22-12-19-8-9-25(31)23(27(19)35-28(22)33)16-29-13-17-10-20(15-29)24-6-3-7-26(32)30(24)14-17/h2-9,11-12,17,20,31H,10,13-16H2,1H3/t17-,20+/m0/s1. The number of hydrogen-bond donors (Lipinski definition) is 1. The summed E-state index contributed by atoms with van der Waals surface area (Å²) in [5, 5.41) is 11.5. The number of ether oxygens (including phenoxy) is 1. The van der Waals surface area contributed by atoms with Crippen LogP contribution in [0.3, 0.4) is 0 Å². The minimum Gasteiger partial charge on any atom is -0.507 e. The van der Waals surface area contributed by atoms with Crippen LogP contribution in [0.4, 0.5) is 0 Å². The van der Waals surface area contributed by atoms with E-state index < -0.39 is 5.63 Å². The van der Waals surface area contributed by atoms with Gasteiger partial charge >= 0.3 is 5.63 Å². The molecule has 178 valence electrons. The van der Waals surface area contributed by atoms with Gasteiger partial charge in [-0.05, 0) is 54.3 Å². The normalized spacial score (nSPS) is 19.5. The zero-order valence-corrected chi connectivity index (χ0v) is 19.4. The second-order valence-electron chi connectivity index (χ2n) is 9.55. The number of nitrogens with zero attached hydrogens (tertiary/aromatic N) is 2. The van der Waals surface area contributed by atoms with Crippen molar-refractivity contribution in [1.82, 2.24) is 9.47 Å². The Morgan fingerprint density at radius 1 is 1.03 bits per heavy atom. The van der Waals surface area contributed by atoms with E-state index >= 15 is 0 Å². The van der Waals surface area contributed by atoms with E-state index in [4.69, 9.17) is 9.15 Å². The fourth-order valence-corrected chi connectivity index (χ4v) is 5.72. The van der Waals surface area contributed by atoms with Crippen molar-refractivity contribution in [3.63, 3.8) is 0 Å². The topological polar surface area (TPSA) is 84.9 Å². The summed E-state index contributed by atoms with van der Waals surface area (Å²) in [5.41, 5.74) is 2.87. The van der Waals surface area contributed by atoms with Crippen molar-refractivity contribution in [2.45, 2.75) is 25.4 Å². The third kappa shape index (κ3) is 3.82. The van der Waals surface area contributed by atoms with Gasteiger partial charge in [0, 0.05) is 49.2 Å². The van der Waals surface area contributed by atoms with Gasteiger partial charge in [0.15, 0.2) is 0 Å². The monoisotopic (exact) mass is 470 g/mol. The molecule has 2 aliphatic rings. The molecule has 1 N–H and O–H groups in total. The van der Waals surface area contributed by atoms with Gasteiger partial charge in [0.1, 0.15) is 17.1 Å². The quantitative estimate of drug-likeness (QED) is 0.455. The number of benzene rings is 2. The molecule has 0 amide bonds. The van der Waals surface area contributed by atoms with Gasteiger partial charge in [0.25, 0.3) is 5.56 Å². The van der Waals surface area contributed by atoms with E-state index in [9.17, 15) is 14.7 Å². The highest BCUT2D eigenvalue weighted by Crippen LogP contribution is 2.37. The highest BCUT2D eigenvalue weighted by molar-refractivity contribution is 5.85. The van der Waals surface area contributed by atoms with E-state index in [-0.39, 0.29) is 17.2 Å². The summed E-state index contributed by atoms with van der Waals surface area (Å²) >= 11 is 0. The maximum Gasteiger partial charge on any atom is 0.344 e. The molecule has 0 unspecified atom stereocenters. The number of likely N-dealkylation sites (tertiary alicyclic amines) is 1. The maximum atomic E-state index is 13.0. The van der Waals surface area contributed by atoms with Crippen molar-refractivity contribution >= 4 is 11.0 Å². The molecule has 2 aliphatic heterocycles. The molecule has 0 spiro atoms. The number of phenols is 1. The van der Waals surface area contributed by atoms with Crippen molar-refractivity contribution in [2.24, 2.45) is 5.92 Å². The van der Waals surface area contributed by atoms with Crippen LogP contribution in [0.2, 0.25) is 0 Å². The molecule has 4 heterocycles. The zero-order valence-electron chi connectivity index (χ0n) is 19.4. The number of fused-ring (bicyclic) bond motifs is 5. The number of hydrogen-bond acceptors (Lipinski definition) is 6. The molecule has 7 heteroatoms. The van der Waals surface area contributed by atoms with Crippen LogP contribution in [0.1, 0.15) is 23.6 Å². The summed E-state index contributed by atoms with van der Waals surface area (Å²) in [5.74, 6) is 1.40. The van der Waals surface area contributed by atoms with Gasteiger partial charge in [-0.2, -0.15) is 0 Å². The van der Waals surface area contributed by atoms with Gasteiger partial charge in [-0.25, -0.2) is 4.79 Å². The molecular formula is C28H26N2O5. The minimum absolute atomic E-state index is 0.0611. The highest BCUT2D eigenvalue weighted by atomic mass is 16.5. The summed E-state index contributed by atoms with van der Waals surface area (Å²) in [6.45, 7) is 2.78. The summed E-state index contributed by atoms with van der Waals surface area (Å²) < 4.78 is 13.0. The maximum absolute atomic E-state index is 13.0. The van der Waals surface area contributed by atoms with Crippen molar-refractivity contribution < 1.29 is 14.3 Å². The SMILES string of the molecule is COc1cccc(-c2cc3ccc(O)c(CN4C[C@@H]5C[C@H](C4)c4cccc(=O)n4C5)c3oc2=O)c1. The molecule has 2 aromatic carbocycles. The number of pyridine rings is 1. The zero-order chi connectivity index (χ0) is 24.1. The van der Waals surface area contributed by atoms with Crippen LogP contribution in [0.5, 0.6) is 11.5 Å². The largest absolute Gasteiger partial charge is 0.507 e. The summed E-state index contributed by atoms with van der Waals surface area (Å²) in [4.78, 5) is 27.6. The molecule has 35 heavy (non-hydrogen) atoms. The third-order valence-corrected chi connectivity index (χ3v) is 7.30. The van der Waals surface area contributed by atoms with E-state index in [1.165, 1.54) is 0 Å². The lowest BCUT2D eigenvalue weighted by Gasteiger charge is -2.42. The first-order chi connectivity index (χ1) is 17.0. The first-order valence-electron chi connectivity index (χ1n) is 11.9. The predicted molar refractivity (Wildman–Crippen MR) is 133 cm³/mol. The second-order valence-corrected chi connectivity index (χ2v) is 9.55. The molecule has 4 aromatic rings. The van der Waals surface area contributed by atoms with E-state index in [0.29, 0.717) is 47.0 Å². The molecule has 2 aromatic heterocycles. The number of piperidine rings is 1. The van der Waals surface area contributed by atoms with Crippen molar-refractivity contribution in [2.75, 3.05) is 20.2 Å². The van der Waals surface area contributed by atoms with Crippen LogP contribution in [0, 0.1) is 5.92 Å². The molecule has 7 nitrogen and oxygen atoms in total. The highest BCUT2D eigenvalue weighted by Gasteiger charge is 2.35. The Hall–Kier alpha value is -3.84. The van der Waals surface area contributed by atoms with E-state index in [1.807, 2.05) is 41.0 Å². The summed E-state index contributed by atoms with van der Waals surface area (Å²) in [6, 6.07) is 18.0. The lowest BCUT2D eigenvalue weighted by molar-refractivity contribution is 0.113. The van der Waals surface area contributed by atoms with Crippen molar-refractivity contribution in [3.05, 3.63) is 92.7 Å². The number of aromatic nitrogens is 1. The fraction of sp³-hybridized carbons (Fsp3) is 0.286. The van der Waals surface area contributed by atoms with Crippen molar-refractivity contribution in [1.29, 1.82) is 0 Å². The Morgan fingerprint density at radius 3 is 2.74 bits per heavy atom. The lowest BCUT2D eigenvalue weighted by atomic mass is 9.83. The first-order valence-corrected chi connectivity index (χ1v) is 11.9. The number of methoxy groups -OCH3 is 1. The summed E-state index contributed by atoms with van der Waals surface area (Å²) in [7, 11) is 1.59. The smallest absolute Gasteiger partial charge is 0.344 e. The minimum atomic E-state index is -0.457. The molecule has 0 aliphatic carbocycles. The molecule has 0 saturated carbocycles. The van der Waals surface area contributed by atoms with Crippen molar-refractivity contribution in [3.8, 4) is 22.6 Å². The molecule has 0 radical (unpaired) electrons. The first kappa shape index (κ1) is 21.7. The average Bonchev–Trinajstić information content (AvgIpc) is 2.86. The average molecular weight is 471 g/mol. The van der Waals surface area contributed by atoms with Gasteiger partial charge in [-0.15, -0.1) is 0 Å². The molecule has 2 bridgehead atoms. The third-order valence-electron chi connectivity index (χ3n) is 7.30.